The number of carboxylic acid groups (broad SMARTS) is 1. The minimum atomic E-state index is -0.841. The van der Waals surface area contributed by atoms with Crippen molar-refractivity contribution in [1.29, 1.82) is 0 Å². The summed E-state index contributed by atoms with van der Waals surface area (Å²) in [4.78, 5) is 12.1. The first-order chi connectivity index (χ1) is 6.11. The first-order valence-corrected chi connectivity index (χ1v) is 4.77. The van der Waals surface area contributed by atoms with Gasteiger partial charge in [0.15, 0.2) is 0 Å². The number of hydrogen-bond donors (Lipinski definition) is 2. The fraction of sp³-hybridized carbons (Fsp3) is 0.889. The van der Waals surface area contributed by atoms with Crippen molar-refractivity contribution < 1.29 is 15.0 Å². The van der Waals surface area contributed by atoms with Crippen LogP contribution in [0.1, 0.15) is 26.2 Å². The Morgan fingerprint density at radius 1 is 1.46 bits per heavy atom. The van der Waals surface area contributed by atoms with Crippen molar-refractivity contribution >= 4 is 6.09 Å². The molecule has 1 rings (SSSR count). The number of aliphatic hydroxyl groups excluding tert-OH is 1. The molecule has 1 aliphatic rings. The molecule has 1 aliphatic heterocycles. The van der Waals surface area contributed by atoms with E-state index in [0.29, 0.717) is 13.1 Å². The minimum Gasteiger partial charge on any atom is -0.465 e. The number of hydrogen-bond acceptors (Lipinski definition) is 2. The Morgan fingerprint density at radius 2 is 2.15 bits per heavy atom. The summed E-state index contributed by atoms with van der Waals surface area (Å²) in [5.74, 6) is 0.268. The van der Waals surface area contributed by atoms with Crippen LogP contribution in [0.3, 0.4) is 0 Å². The maximum atomic E-state index is 10.6. The van der Waals surface area contributed by atoms with Gasteiger partial charge in [-0.3, -0.25) is 0 Å². The molecule has 1 saturated heterocycles. The van der Waals surface area contributed by atoms with Crippen molar-refractivity contribution in [3.05, 3.63) is 0 Å². The van der Waals surface area contributed by atoms with Gasteiger partial charge < -0.3 is 15.1 Å². The van der Waals surface area contributed by atoms with E-state index in [-0.39, 0.29) is 12.0 Å². The molecule has 0 spiro atoms. The van der Waals surface area contributed by atoms with E-state index in [1.165, 1.54) is 4.90 Å². The highest BCUT2D eigenvalue weighted by Crippen LogP contribution is 2.20. The van der Waals surface area contributed by atoms with E-state index in [9.17, 15) is 9.90 Å². The molecule has 76 valence electrons. The Hall–Kier alpha value is -0.770. The molecule has 0 aliphatic carbocycles. The number of likely N-dealkylation sites (tertiary alicyclic amines) is 1. The molecule has 1 amide bonds. The van der Waals surface area contributed by atoms with Crippen LogP contribution in [-0.4, -0.2) is 40.4 Å². The van der Waals surface area contributed by atoms with E-state index in [2.05, 4.69) is 0 Å². The molecule has 0 aromatic rings. The van der Waals surface area contributed by atoms with Crippen LogP contribution in [0.2, 0.25) is 0 Å². The molecule has 0 radical (unpaired) electrons. The van der Waals surface area contributed by atoms with Gasteiger partial charge in [-0.1, -0.05) is 0 Å². The number of amides is 1. The monoisotopic (exact) mass is 187 g/mol. The number of nitrogens with zero attached hydrogens (tertiary/aromatic N) is 1. The predicted octanol–water partition coefficient (Wildman–Crippen LogP) is 1.15. The SMILES string of the molecule is CC(O)C1CCCN(C(=O)O)CC1. The van der Waals surface area contributed by atoms with E-state index in [4.69, 9.17) is 5.11 Å². The summed E-state index contributed by atoms with van der Waals surface area (Å²) in [5, 5.41) is 18.1. The highest BCUT2D eigenvalue weighted by atomic mass is 16.4. The molecular formula is C9H17NO3. The molecular weight excluding hydrogens is 170 g/mol. The Labute approximate surface area is 78.2 Å². The van der Waals surface area contributed by atoms with Crippen molar-refractivity contribution in [1.82, 2.24) is 4.90 Å². The van der Waals surface area contributed by atoms with Crippen LogP contribution < -0.4 is 0 Å². The molecule has 2 atom stereocenters. The van der Waals surface area contributed by atoms with Crippen LogP contribution >= 0.6 is 0 Å². The summed E-state index contributed by atoms with van der Waals surface area (Å²) in [6.45, 7) is 2.95. The van der Waals surface area contributed by atoms with E-state index in [1.54, 1.807) is 6.92 Å². The van der Waals surface area contributed by atoms with Crippen LogP contribution in [0.15, 0.2) is 0 Å². The molecule has 4 heteroatoms. The van der Waals surface area contributed by atoms with E-state index in [1.807, 2.05) is 0 Å². The highest BCUT2D eigenvalue weighted by molar-refractivity contribution is 5.64. The molecule has 0 saturated carbocycles. The van der Waals surface area contributed by atoms with Crippen molar-refractivity contribution in [3.8, 4) is 0 Å². The first-order valence-electron chi connectivity index (χ1n) is 4.77. The molecule has 2 unspecified atom stereocenters. The van der Waals surface area contributed by atoms with Crippen LogP contribution in [0.25, 0.3) is 0 Å². The maximum absolute atomic E-state index is 10.6. The smallest absolute Gasteiger partial charge is 0.407 e. The summed E-state index contributed by atoms with van der Waals surface area (Å²) in [6, 6.07) is 0. The zero-order valence-electron chi connectivity index (χ0n) is 7.94. The lowest BCUT2D eigenvalue weighted by Crippen LogP contribution is -2.30. The van der Waals surface area contributed by atoms with Gasteiger partial charge in [0.1, 0.15) is 0 Å². The second kappa shape index (κ2) is 4.46. The lowest BCUT2D eigenvalue weighted by molar-refractivity contribution is 0.113. The molecule has 4 nitrogen and oxygen atoms in total. The zero-order chi connectivity index (χ0) is 9.84. The average Bonchev–Trinajstić information content (AvgIpc) is 2.27. The van der Waals surface area contributed by atoms with Crippen LogP contribution in [0, 0.1) is 5.92 Å². The van der Waals surface area contributed by atoms with Gasteiger partial charge in [-0.15, -0.1) is 0 Å². The van der Waals surface area contributed by atoms with Crippen LogP contribution in [0.4, 0.5) is 4.79 Å². The van der Waals surface area contributed by atoms with Gasteiger partial charge in [0.2, 0.25) is 0 Å². The molecule has 13 heavy (non-hydrogen) atoms. The lowest BCUT2D eigenvalue weighted by atomic mass is 9.96. The minimum absolute atomic E-state index is 0.268. The molecule has 2 N–H and O–H groups in total. The quantitative estimate of drug-likeness (QED) is 0.647. The molecule has 0 bridgehead atoms. The molecule has 0 aromatic heterocycles. The number of rotatable bonds is 1. The van der Waals surface area contributed by atoms with Gasteiger partial charge in [0.25, 0.3) is 0 Å². The topological polar surface area (TPSA) is 60.8 Å². The summed E-state index contributed by atoms with van der Waals surface area (Å²) in [7, 11) is 0. The average molecular weight is 187 g/mol. The van der Waals surface area contributed by atoms with E-state index < -0.39 is 6.09 Å². The van der Waals surface area contributed by atoms with Gasteiger partial charge in [-0.25, -0.2) is 4.79 Å². The third kappa shape index (κ3) is 2.88. The third-order valence-electron chi connectivity index (χ3n) is 2.73. The Balaban J connectivity index is 2.44. The molecule has 1 fully saturated rings. The summed E-state index contributed by atoms with van der Waals surface area (Å²) in [5.41, 5.74) is 0. The fourth-order valence-corrected chi connectivity index (χ4v) is 1.80. The zero-order valence-corrected chi connectivity index (χ0v) is 7.94. The third-order valence-corrected chi connectivity index (χ3v) is 2.73. The largest absolute Gasteiger partial charge is 0.465 e. The number of aliphatic hydroxyl groups is 1. The Morgan fingerprint density at radius 3 is 2.69 bits per heavy atom. The van der Waals surface area contributed by atoms with E-state index >= 15 is 0 Å². The van der Waals surface area contributed by atoms with Crippen LogP contribution in [-0.2, 0) is 0 Å². The van der Waals surface area contributed by atoms with Crippen LogP contribution in [0.5, 0.6) is 0 Å². The van der Waals surface area contributed by atoms with Gasteiger partial charge in [0.05, 0.1) is 6.10 Å². The second-order valence-electron chi connectivity index (χ2n) is 3.70. The summed E-state index contributed by atoms with van der Waals surface area (Å²) < 4.78 is 0. The van der Waals surface area contributed by atoms with E-state index in [0.717, 1.165) is 19.3 Å². The predicted molar refractivity (Wildman–Crippen MR) is 48.6 cm³/mol. The Kier molecular flexibility index (Phi) is 3.54. The normalized spacial score (nSPS) is 26.6. The summed E-state index contributed by atoms with van der Waals surface area (Å²) >= 11 is 0. The molecule has 0 aromatic carbocycles. The number of carbonyl (C=O) groups is 1. The highest BCUT2D eigenvalue weighted by Gasteiger charge is 2.22. The maximum Gasteiger partial charge on any atom is 0.407 e. The van der Waals surface area contributed by atoms with Gasteiger partial charge >= 0.3 is 6.09 Å². The van der Waals surface area contributed by atoms with Crippen molar-refractivity contribution in [2.24, 2.45) is 5.92 Å². The fourth-order valence-electron chi connectivity index (χ4n) is 1.80. The summed E-state index contributed by atoms with van der Waals surface area (Å²) in [6.07, 6.45) is 1.42. The Bertz CT molecular complexity index is 182. The van der Waals surface area contributed by atoms with Gasteiger partial charge in [-0.05, 0) is 32.1 Å². The van der Waals surface area contributed by atoms with Crippen molar-refractivity contribution in [2.45, 2.75) is 32.3 Å². The second-order valence-corrected chi connectivity index (χ2v) is 3.70. The standard InChI is InChI=1S/C9H17NO3/c1-7(11)8-3-2-5-10(6-4-8)9(12)13/h7-8,11H,2-6H2,1H3,(H,12,13). The molecule has 1 heterocycles. The first kappa shape index (κ1) is 10.3. The van der Waals surface area contributed by atoms with Crippen molar-refractivity contribution in [2.75, 3.05) is 13.1 Å². The van der Waals surface area contributed by atoms with Gasteiger partial charge in [-0.2, -0.15) is 0 Å². The van der Waals surface area contributed by atoms with Crippen molar-refractivity contribution in [3.63, 3.8) is 0 Å². The lowest BCUT2D eigenvalue weighted by Gasteiger charge is -2.18. The van der Waals surface area contributed by atoms with Gasteiger partial charge in [0, 0.05) is 13.1 Å².